The molecule has 1 saturated heterocycles. The van der Waals surface area contributed by atoms with Crippen LogP contribution in [0.2, 0.25) is 5.02 Å². The van der Waals surface area contributed by atoms with Gasteiger partial charge in [-0.1, -0.05) is 23.7 Å². The van der Waals surface area contributed by atoms with E-state index in [1.54, 1.807) is 6.92 Å². The SMILES string of the molecule is C[C@H](C(=O)Nc1c(F)cccc1F)N1CCN(c2cccc(Cl)c2)CC1. The van der Waals surface area contributed by atoms with Gasteiger partial charge in [-0.05, 0) is 37.3 Å². The second kappa shape index (κ2) is 8.01. The largest absolute Gasteiger partial charge is 0.369 e. The van der Waals surface area contributed by atoms with Crippen LogP contribution in [0.4, 0.5) is 20.2 Å². The Morgan fingerprint density at radius 2 is 1.69 bits per heavy atom. The minimum Gasteiger partial charge on any atom is -0.369 e. The van der Waals surface area contributed by atoms with Gasteiger partial charge in [0.25, 0.3) is 0 Å². The normalized spacial score (nSPS) is 16.4. The Morgan fingerprint density at radius 3 is 2.31 bits per heavy atom. The molecule has 1 N–H and O–H groups in total. The Morgan fingerprint density at radius 1 is 1.08 bits per heavy atom. The lowest BCUT2D eigenvalue weighted by molar-refractivity contribution is -0.120. The first-order chi connectivity index (χ1) is 12.5. The third-order valence-electron chi connectivity index (χ3n) is 4.63. The highest BCUT2D eigenvalue weighted by atomic mass is 35.5. The van der Waals surface area contributed by atoms with Crippen LogP contribution in [-0.2, 0) is 4.79 Å². The average molecular weight is 380 g/mol. The monoisotopic (exact) mass is 379 g/mol. The van der Waals surface area contributed by atoms with Crippen LogP contribution in [0.15, 0.2) is 42.5 Å². The van der Waals surface area contributed by atoms with Crippen molar-refractivity contribution in [3.8, 4) is 0 Å². The number of amides is 1. The summed E-state index contributed by atoms with van der Waals surface area (Å²) in [4.78, 5) is 16.6. The lowest BCUT2D eigenvalue weighted by atomic mass is 10.2. The maximum atomic E-state index is 13.7. The summed E-state index contributed by atoms with van der Waals surface area (Å²) >= 11 is 6.04. The van der Waals surface area contributed by atoms with E-state index in [1.165, 1.54) is 6.07 Å². The Kier molecular flexibility index (Phi) is 5.74. The molecule has 1 atom stereocenters. The van der Waals surface area contributed by atoms with Crippen molar-refractivity contribution in [2.24, 2.45) is 0 Å². The van der Waals surface area contributed by atoms with Gasteiger partial charge >= 0.3 is 0 Å². The van der Waals surface area contributed by atoms with E-state index >= 15 is 0 Å². The molecular formula is C19H20ClF2N3O. The highest BCUT2D eigenvalue weighted by Crippen LogP contribution is 2.22. The number of carbonyl (C=O) groups excluding carboxylic acids is 1. The first-order valence-electron chi connectivity index (χ1n) is 8.45. The van der Waals surface area contributed by atoms with Gasteiger partial charge in [0.15, 0.2) is 0 Å². The van der Waals surface area contributed by atoms with Crippen molar-refractivity contribution in [1.29, 1.82) is 0 Å². The summed E-state index contributed by atoms with van der Waals surface area (Å²) in [6.07, 6.45) is 0. The summed E-state index contributed by atoms with van der Waals surface area (Å²) in [7, 11) is 0. The molecule has 4 nitrogen and oxygen atoms in total. The van der Waals surface area contributed by atoms with E-state index < -0.39 is 29.3 Å². The van der Waals surface area contributed by atoms with E-state index in [0.29, 0.717) is 18.1 Å². The number of carbonyl (C=O) groups is 1. The zero-order valence-electron chi connectivity index (χ0n) is 14.4. The van der Waals surface area contributed by atoms with Crippen LogP contribution in [0.1, 0.15) is 6.92 Å². The predicted octanol–water partition coefficient (Wildman–Crippen LogP) is 3.77. The summed E-state index contributed by atoms with van der Waals surface area (Å²) in [5, 5.41) is 3.05. The fraction of sp³-hybridized carbons (Fsp3) is 0.316. The standard InChI is InChI=1S/C19H20ClF2N3O/c1-13(19(26)23-18-16(21)6-3-7-17(18)22)24-8-10-25(11-9-24)15-5-2-4-14(20)12-15/h2-7,12-13H,8-11H2,1H3,(H,23,26)/t13-/m1/s1. The Balaban J connectivity index is 1.59. The zero-order valence-corrected chi connectivity index (χ0v) is 15.1. The fourth-order valence-corrected chi connectivity index (χ4v) is 3.24. The quantitative estimate of drug-likeness (QED) is 0.878. The van der Waals surface area contributed by atoms with E-state index in [2.05, 4.69) is 10.2 Å². The second-order valence-electron chi connectivity index (χ2n) is 6.26. The third-order valence-corrected chi connectivity index (χ3v) is 4.86. The summed E-state index contributed by atoms with van der Waals surface area (Å²) in [6.45, 7) is 4.56. The van der Waals surface area contributed by atoms with Gasteiger partial charge in [0.05, 0.1) is 6.04 Å². The number of para-hydroxylation sites is 1. The van der Waals surface area contributed by atoms with Crippen molar-refractivity contribution in [2.75, 3.05) is 36.4 Å². The van der Waals surface area contributed by atoms with Gasteiger partial charge in [0, 0.05) is 36.9 Å². The van der Waals surface area contributed by atoms with Crippen LogP contribution in [0.25, 0.3) is 0 Å². The molecule has 138 valence electrons. The van der Waals surface area contributed by atoms with Crippen LogP contribution >= 0.6 is 11.6 Å². The summed E-state index contributed by atoms with van der Waals surface area (Å²) in [6, 6.07) is 10.7. The zero-order chi connectivity index (χ0) is 18.7. The van der Waals surface area contributed by atoms with Crippen molar-refractivity contribution in [2.45, 2.75) is 13.0 Å². The average Bonchev–Trinajstić information content (AvgIpc) is 2.64. The van der Waals surface area contributed by atoms with Gasteiger partial charge in [0.2, 0.25) is 5.91 Å². The van der Waals surface area contributed by atoms with Gasteiger partial charge in [-0.25, -0.2) is 8.78 Å². The highest BCUT2D eigenvalue weighted by Gasteiger charge is 2.26. The number of anilines is 2. The van der Waals surface area contributed by atoms with E-state index in [9.17, 15) is 13.6 Å². The highest BCUT2D eigenvalue weighted by molar-refractivity contribution is 6.30. The number of piperazine rings is 1. The molecule has 2 aromatic rings. The van der Waals surface area contributed by atoms with Gasteiger partial charge in [-0.2, -0.15) is 0 Å². The number of nitrogens with one attached hydrogen (secondary N) is 1. The van der Waals surface area contributed by atoms with Crippen LogP contribution in [0, 0.1) is 11.6 Å². The molecule has 1 aliphatic heterocycles. The number of benzene rings is 2. The third kappa shape index (κ3) is 4.14. The predicted molar refractivity (Wildman–Crippen MR) is 99.7 cm³/mol. The molecule has 1 heterocycles. The van der Waals surface area contributed by atoms with Crippen molar-refractivity contribution in [3.63, 3.8) is 0 Å². The van der Waals surface area contributed by atoms with Crippen molar-refractivity contribution in [1.82, 2.24) is 4.90 Å². The molecule has 3 rings (SSSR count). The van der Waals surface area contributed by atoms with Crippen molar-refractivity contribution >= 4 is 28.9 Å². The van der Waals surface area contributed by atoms with Gasteiger partial charge < -0.3 is 10.2 Å². The summed E-state index contributed by atoms with van der Waals surface area (Å²) in [5.41, 5.74) is 0.643. The molecule has 0 bridgehead atoms. The van der Waals surface area contributed by atoms with E-state index in [1.807, 2.05) is 29.2 Å². The molecule has 0 aliphatic carbocycles. The first kappa shape index (κ1) is 18.6. The number of nitrogens with zero attached hydrogens (tertiary/aromatic N) is 2. The number of hydrogen-bond donors (Lipinski definition) is 1. The van der Waals surface area contributed by atoms with Crippen LogP contribution in [0.3, 0.4) is 0 Å². The molecular weight excluding hydrogens is 360 g/mol. The number of hydrogen-bond acceptors (Lipinski definition) is 3. The minimum atomic E-state index is -0.781. The molecule has 1 fully saturated rings. The van der Waals surface area contributed by atoms with Crippen LogP contribution in [0.5, 0.6) is 0 Å². The molecule has 26 heavy (non-hydrogen) atoms. The maximum Gasteiger partial charge on any atom is 0.241 e. The number of rotatable bonds is 4. The maximum absolute atomic E-state index is 13.7. The Hall–Kier alpha value is -2.18. The van der Waals surface area contributed by atoms with E-state index in [-0.39, 0.29) is 0 Å². The summed E-state index contributed by atoms with van der Waals surface area (Å²) in [5.74, 6) is -1.99. The molecule has 1 aliphatic rings. The molecule has 7 heteroatoms. The molecule has 0 radical (unpaired) electrons. The molecule has 0 saturated carbocycles. The second-order valence-corrected chi connectivity index (χ2v) is 6.70. The summed E-state index contributed by atoms with van der Waals surface area (Å²) < 4.78 is 27.4. The Labute approximate surface area is 156 Å². The fourth-order valence-electron chi connectivity index (χ4n) is 3.05. The number of halogens is 3. The van der Waals surface area contributed by atoms with Crippen molar-refractivity contribution < 1.29 is 13.6 Å². The lowest BCUT2D eigenvalue weighted by Crippen LogP contribution is -2.52. The lowest BCUT2D eigenvalue weighted by Gasteiger charge is -2.38. The molecule has 2 aromatic carbocycles. The van der Waals surface area contributed by atoms with E-state index in [4.69, 9.17) is 11.6 Å². The van der Waals surface area contributed by atoms with Gasteiger partial charge in [-0.15, -0.1) is 0 Å². The topological polar surface area (TPSA) is 35.6 Å². The molecule has 1 amide bonds. The molecule has 0 spiro atoms. The van der Waals surface area contributed by atoms with Gasteiger partial charge in [0.1, 0.15) is 17.3 Å². The Bertz CT molecular complexity index is 774. The van der Waals surface area contributed by atoms with Crippen molar-refractivity contribution in [3.05, 3.63) is 59.1 Å². The minimum absolute atomic E-state index is 0.401. The van der Waals surface area contributed by atoms with E-state index in [0.717, 1.165) is 30.9 Å². The van der Waals surface area contributed by atoms with Crippen LogP contribution < -0.4 is 10.2 Å². The first-order valence-corrected chi connectivity index (χ1v) is 8.83. The molecule has 0 unspecified atom stereocenters. The molecule has 0 aromatic heterocycles. The smallest absolute Gasteiger partial charge is 0.241 e. The van der Waals surface area contributed by atoms with Gasteiger partial charge in [-0.3, -0.25) is 9.69 Å². The van der Waals surface area contributed by atoms with Crippen LogP contribution in [-0.4, -0.2) is 43.0 Å².